The van der Waals surface area contributed by atoms with E-state index in [9.17, 15) is 0 Å². The van der Waals surface area contributed by atoms with Crippen molar-refractivity contribution >= 4 is 60.5 Å². The average Bonchev–Trinajstić information content (AvgIpc) is 3.68. The average molecular weight is 740 g/mol. The van der Waals surface area contributed by atoms with Gasteiger partial charge in [-0.1, -0.05) is 170 Å². The molecular formula is C56H37NO. The van der Waals surface area contributed by atoms with Gasteiger partial charge in [0.25, 0.3) is 0 Å². The Bertz CT molecular complexity index is 3200. The molecule has 58 heavy (non-hydrogen) atoms. The monoisotopic (exact) mass is 739 g/mol. The molecule has 272 valence electrons. The Morgan fingerprint density at radius 1 is 0.241 bits per heavy atom. The van der Waals surface area contributed by atoms with Gasteiger partial charge in [0.2, 0.25) is 0 Å². The van der Waals surface area contributed by atoms with Crippen molar-refractivity contribution in [3.63, 3.8) is 0 Å². The summed E-state index contributed by atoms with van der Waals surface area (Å²) < 4.78 is 6.35. The lowest BCUT2D eigenvalue weighted by Crippen LogP contribution is -2.10. The first-order valence-corrected chi connectivity index (χ1v) is 19.8. The molecule has 0 radical (unpaired) electrons. The number of rotatable bonds is 7. The number of anilines is 3. The Labute approximate surface area is 337 Å². The molecule has 0 atom stereocenters. The van der Waals surface area contributed by atoms with Crippen LogP contribution in [0.4, 0.5) is 17.1 Å². The fraction of sp³-hybridized carbons (Fsp3) is 0. The minimum absolute atomic E-state index is 0.872. The zero-order valence-electron chi connectivity index (χ0n) is 31.7. The van der Waals surface area contributed by atoms with Gasteiger partial charge in [-0.3, -0.25) is 0 Å². The smallest absolute Gasteiger partial charge is 0.135 e. The molecule has 0 saturated heterocycles. The number of benzene rings is 10. The molecule has 10 aromatic carbocycles. The normalized spacial score (nSPS) is 11.4. The van der Waals surface area contributed by atoms with Crippen LogP contribution in [0.15, 0.2) is 229 Å². The molecule has 2 heteroatoms. The van der Waals surface area contributed by atoms with Gasteiger partial charge in [-0.15, -0.1) is 0 Å². The Balaban J connectivity index is 1.24. The van der Waals surface area contributed by atoms with Crippen molar-refractivity contribution in [1.82, 2.24) is 0 Å². The highest BCUT2D eigenvalue weighted by Gasteiger charge is 2.22. The van der Waals surface area contributed by atoms with E-state index in [1.165, 1.54) is 54.9 Å². The van der Waals surface area contributed by atoms with Crippen LogP contribution in [-0.4, -0.2) is 0 Å². The number of furan rings is 1. The van der Waals surface area contributed by atoms with Gasteiger partial charge in [0.15, 0.2) is 0 Å². The van der Waals surface area contributed by atoms with Crippen molar-refractivity contribution in [2.45, 2.75) is 0 Å². The van der Waals surface area contributed by atoms with E-state index in [4.69, 9.17) is 4.42 Å². The molecule has 0 unspecified atom stereocenters. The second-order valence-electron chi connectivity index (χ2n) is 14.9. The second kappa shape index (κ2) is 14.1. The van der Waals surface area contributed by atoms with Crippen molar-refractivity contribution in [3.05, 3.63) is 224 Å². The first-order chi connectivity index (χ1) is 28.8. The van der Waals surface area contributed by atoms with Crippen molar-refractivity contribution < 1.29 is 4.42 Å². The van der Waals surface area contributed by atoms with Crippen LogP contribution in [0.5, 0.6) is 0 Å². The molecule has 0 saturated carbocycles. The van der Waals surface area contributed by atoms with Gasteiger partial charge >= 0.3 is 0 Å². The SMILES string of the molecule is c1ccc(-c2cc(-c3ccccc3)cc(N(c3ccc4c(c3)c(-c3ccccc3)c(-c3ccccc3)c3ccccc34)c3ccc4oc5ccccc5c4c3)c2)cc1. The minimum atomic E-state index is 0.872. The van der Waals surface area contributed by atoms with Gasteiger partial charge in [-0.05, 0) is 121 Å². The number of nitrogens with zero attached hydrogens (tertiary/aromatic N) is 1. The van der Waals surface area contributed by atoms with E-state index in [0.717, 1.165) is 50.1 Å². The molecular weight excluding hydrogens is 703 g/mol. The van der Waals surface area contributed by atoms with Crippen molar-refractivity contribution in [1.29, 1.82) is 0 Å². The molecule has 1 aromatic heterocycles. The maximum atomic E-state index is 6.35. The van der Waals surface area contributed by atoms with Crippen molar-refractivity contribution in [3.8, 4) is 44.5 Å². The van der Waals surface area contributed by atoms with E-state index in [1.54, 1.807) is 0 Å². The number of hydrogen-bond acceptors (Lipinski definition) is 2. The van der Waals surface area contributed by atoms with Crippen LogP contribution < -0.4 is 4.90 Å². The molecule has 11 rings (SSSR count). The van der Waals surface area contributed by atoms with Gasteiger partial charge in [-0.25, -0.2) is 0 Å². The molecule has 0 fully saturated rings. The summed E-state index contributed by atoms with van der Waals surface area (Å²) in [5.41, 5.74) is 14.4. The maximum Gasteiger partial charge on any atom is 0.135 e. The van der Waals surface area contributed by atoms with E-state index >= 15 is 0 Å². The minimum Gasteiger partial charge on any atom is -0.456 e. The topological polar surface area (TPSA) is 16.4 Å². The van der Waals surface area contributed by atoms with Gasteiger partial charge < -0.3 is 9.32 Å². The summed E-state index contributed by atoms with van der Waals surface area (Å²) in [7, 11) is 0. The fourth-order valence-electron chi connectivity index (χ4n) is 8.76. The van der Waals surface area contributed by atoms with Crippen molar-refractivity contribution in [2.24, 2.45) is 0 Å². The third-order valence-corrected chi connectivity index (χ3v) is 11.4. The number of hydrogen-bond donors (Lipinski definition) is 0. The number of para-hydroxylation sites is 1. The fourth-order valence-corrected chi connectivity index (χ4v) is 8.76. The summed E-state index contributed by atoms with van der Waals surface area (Å²) in [5, 5.41) is 7.08. The molecule has 2 nitrogen and oxygen atoms in total. The molecule has 11 aromatic rings. The summed E-state index contributed by atoms with van der Waals surface area (Å²) >= 11 is 0. The summed E-state index contributed by atoms with van der Waals surface area (Å²) in [5.74, 6) is 0. The van der Waals surface area contributed by atoms with Gasteiger partial charge in [0, 0.05) is 27.8 Å². The molecule has 0 aliphatic rings. The lowest BCUT2D eigenvalue weighted by atomic mass is 9.85. The Hall–Kier alpha value is -7.68. The van der Waals surface area contributed by atoms with Crippen molar-refractivity contribution in [2.75, 3.05) is 4.90 Å². The largest absolute Gasteiger partial charge is 0.456 e. The summed E-state index contributed by atoms with van der Waals surface area (Å²) in [6.07, 6.45) is 0. The lowest BCUT2D eigenvalue weighted by molar-refractivity contribution is 0.669. The maximum absolute atomic E-state index is 6.35. The molecule has 0 aliphatic carbocycles. The van der Waals surface area contributed by atoms with Crippen LogP contribution in [0.2, 0.25) is 0 Å². The molecule has 0 amide bonds. The molecule has 0 spiro atoms. The van der Waals surface area contributed by atoms with Crippen LogP contribution in [0.1, 0.15) is 0 Å². The zero-order valence-corrected chi connectivity index (χ0v) is 31.7. The van der Waals surface area contributed by atoms with Crippen LogP contribution in [0.25, 0.3) is 88.0 Å². The van der Waals surface area contributed by atoms with Crippen LogP contribution in [0.3, 0.4) is 0 Å². The highest BCUT2D eigenvalue weighted by Crippen LogP contribution is 2.48. The number of fused-ring (bicyclic) bond motifs is 6. The quantitative estimate of drug-likeness (QED) is 0.151. The predicted octanol–water partition coefficient (Wildman–Crippen LogP) is 16.0. The van der Waals surface area contributed by atoms with Gasteiger partial charge in [0.1, 0.15) is 11.2 Å². The second-order valence-corrected chi connectivity index (χ2v) is 14.9. The van der Waals surface area contributed by atoms with Crippen LogP contribution >= 0.6 is 0 Å². The van der Waals surface area contributed by atoms with Crippen LogP contribution in [-0.2, 0) is 0 Å². The summed E-state index contributed by atoms with van der Waals surface area (Å²) in [4.78, 5) is 2.42. The lowest BCUT2D eigenvalue weighted by Gasteiger charge is -2.28. The molecule has 1 heterocycles. The molecule has 0 N–H and O–H groups in total. The van der Waals surface area contributed by atoms with E-state index in [2.05, 4.69) is 217 Å². The molecule has 0 bridgehead atoms. The Morgan fingerprint density at radius 3 is 1.28 bits per heavy atom. The highest BCUT2D eigenvalue weighted by atomic mass is 16.3. The predicted molar refractivity (Wildman–Crippen MR) is 245 cm³/mol. The van der Waals surface area contributed by atoms with Gasteiger partial charge in [0.05, 0.1) is 0 Å². The Kier molecular flexibility index (Phi) is 8.19. The third-order valence-electron chi connectivity index (χ3n) is 11.4. The highest BCUT2D eigenvalue weighted by molar-refractivity contribution is 6.22. The zero-order chi connectivity index (χ0) is 38.4. The van der Waals surface area contributed by atoms with Crippen LogP contribution in [0, 0.1) is 0 Å². The van der Waals surface area contributed by atoms with E-state index in [-0.39, 0.29) is 0 Å². The summed E-state index contributed by atoms with van der Waals surface area (Å²) in [6, 6.07) is 80.9. The van der Waals surface area contributed by atoms with E-state index in [0.29, 0.717) is 0 Å². The van der Waals surface area contributed by atoms with E-state index < -0.39 is 0 Å². The first-order valence-electron chi connectivity index (χ1n) is 19.8. The first kappa shape index (κ1) is 33.6. The Morgan fingerprint density at radius 2 is 0.672 bits per heavy atom. The standard InChI is InChI=1S/C56H37NO/c1-5-17-38(18-6-1)42-33-43(39-19-7-2-8-20-39)35-46(34-42)57(45-30-32-54-51(36-45)49-26-15-16-28-53(49)58-54)44-29-31-48-47-25-13-14-27-50(47)55(40-21-9-3-10-22-40)56(52(48)37-44)41-23-11-4-12-24-41/h1-37H. The molecule has 0 aliphatic heterocycles. The van der Waals surface area contributed by atoms with Gasteiger partial charge in [-0.2, -0.15) is 0 Å². The summed E-state index contributed by atoms with van der Waals surface area (Å²) in [6.45, 7) is 0. The third kappa shape index (κ3) is 5.82. The van der Waals surface area contributed by atoms with E-state index in [1.807, 2.05) is 12.1 Å².